The molecule has 72 valence electrons. The van der Waals surface area contributed by atoms with Crippen molar-refractivity contribution < 1.29 is 0 Å². The van der Waals surface area contributed by atoms with Gasteiger partial charge in [-0.2, -0.15) is 0 Å². The minimum atomic E-state index is -0.596. The van der Waals surface area contributed by atoms with Crippen LogP contribution in [0.4, 0.5) is 0 Å². The van der Waals surface area contributed by atoms with Gasteiger partial charge in [0.15, 0.2) is 0 Å². The number of halogens is 2. The van der Waals surface area contributed by atoms with Crippen LogP contribution in [0.15, 0.2) is 18.2 Å². The number of rotatable bonds is 2. The van der Waals surface area contributed by atoms with Crippen LogP contribution in [0, 0.1) is 0 Å². The summed E-state index contributed by atoms with van der Waals surface area (Å²) in [4.78, 5) is 0. The average Bonchev–Trinajstić information content (AvgIpc) is 2.03. The summed E-state index contributed by atoms with van der Waals surface area (Å²) in [6.45, 7) is 2.18. The van der Waals surface area contributed by atoms with Crippen LogP contribution in [-0.2, 0) is 5.54 Å². The summed E-state index contributed by atoms with van der Waals surface area (Å²) in [5.74, 6) is 0. The van der Waals surface area contributed by atoms with E-state index in [-0.39, 0.29) is 0 Å². The van der Waals surface area contributed by atoms with Crippen LogP contribution >= 0.6 is 23.2 Å². The lowest BCUT2D eigenvalue weighted by atomic mass is 9.93. The van der Waals surface area contributed by atoms with Gasteiger partial charge in [-0.15, -0.1) is 0 Å². The Morgan fingerprint density at radius 2 is 2.00 bits per heavy atom. The Labute approximate surface area is 87.8 Å². The molecule has 13 heavy (non-hydrogen) atoms. The van der Waals surface area contributed by atoms with E-state index >= 15 is 0 Å². The topological polar surface area (TPSA) is 52.0 Å². The Kier molecular flexibility index (Phi) is 3.19. The molecule has 0 fully saturated rings. The quantitative estimate of drug-likeness (QED) is 0.800. The highest BCUT2D eigenvalue weighted by molar-refractivity contribution is 6.35. The van der Waals surface area contributed by atoms with Gasteiger partial charge in [-0.25, -0.2) is 0 Å². The number of hydrogen-bond donors (Lipinski definition) is 2. The molecule has 2 nitrogen and oxygen atoms in total. The predicted molar refractivity (Wildman–Crippen MR) is 57.1 cm³/mol. The second-order valence-corrected chi connectivity index (χ2v) is 4.09. The van der Waals surface area contributed by atoms with E-state index in [2.05, 4.69) is 0 Å². The van der Waals surface area contributed by atoms with Gasteiger partial charge in [0.2, 0.25) is 0 Å². The van der Waals surface area contributed by atoms with Gasteiger partial charge in [0, 0.05) is 16.6 Å². The normalized spacial score (nSPS) is 15.5. The van der Waals surface area contributed by atoms with Gasteiger partial charge in [0.25, 0.3) is 0 Å². The lowest BCUT2D eigenvalue weighted by molar-refractivity contribution is 0.508. The molecule has 0 heterocycles. The first-order valence-electron chi connectivity index (χ1n) is 3.92. The summed E-state index contributed by atoms with van der Waals surface area (Å²) < 4.78 is 0. The fourth-order valence-electron chi connectivity index (χ4n) is 1.06. The second kappa shape index (κ2) is 3.84. The van der Waals surface area contributed by atoms with E-state index < -0.39 is 5.54 Å². The molecule has 4 N–H and O–H groups in total. The molecule has 1 unspecified atom stereocenters. The second-order valence-electron chi connectivity index (χ2n) is 3.25. The molecule has 4 heteroatoms. The van der Waals surface area contributed by atoms with Crippen molar-refractivity contribution in [1.29, 1.82) is 0 Å². The molecule has 0 saturated carbocycles. The Bertz CT molecular complexity index is 310. The Hall–Kier alpha value is -0.280. The minimum Gasteiger partial charge on any atom is -0.328 e. The molecule has 1 atom stereocenters. The lowest BCUT2D eigenvalue weighted by Crippen LogP contribution is -2.41. The van der Waals surface area contributed by atoms with Crippen LogP contribution in [0.3, 0.4) is 0 Å². The maximum atomic E-state index is 5.97. The summed E-state index contributed by atoms with van der Waals surface area (Å²) in [6.07, 6.45) is 0. The molecule has 0 aliphatic heterocycles. The zero-order chi connectivity index (χ0) is 10.1. The summed E-state index contributed by atoms with van der Waals surface area (Å²) in [6, 6.07) is 5.22. The maximum Gasteiger partial charge on any atom is 0.0520 e. The van der Waals surface area contributed by atoms with Crippen molar-refractivity contribution in [2.24, 2.45) is 11.5 Å². The van der Waals surface area contributed by atoms with E-state index in [4.69, 9.17) is 34.7 Å². The molecule has 0 amide bonds. The van der Waals surface area contributed by atoms with Gasteiger partial charge in [-0.1, -0.05) is 29.3 Å². The van der Waals surface area contributed by atoms with E-state index in [9.17, 15) is 0 Å². The van der Waals surface area contributed by atoms with Gasteiger partial charge in [-0.3, -0.25) is 0 Å². The van der Waals surface area contributed by atoms with Crippen LogP contribution in [0.25, 0.3) is 0 Å². The zero-order valence-electron chi connectivity index (χ0n) is 7.35. The maximum absolute atomic E-state index is 5.97. The van der Waals surface area contributed by atoms with Gasteiger partial charge in [0.05, 0.1) is 5.54 Å². The summed E-state index contributed by atoms with van der Waals surface area (Å²) in [5.41, 5.74) is 11.7. The monoisotopic (exact) mass is 218 g/mol. The number of benzene rings is 1. The fraction of sp³-hybridized carbons (Fsp3) is 0.333. The van der Waals surface area contributed by atoms with Crippen molar-refractivity contribution in [3.05, 3.63) is 33.8 Å². The molecule has 0 bridgehead atoms. The first-order chi connectivity index (χ1) is 5.97. The third kappa shape index (κ3) is 2.35. The van der Waals surface area contributed by atoms with Crippen molar-refractivity contribution in [1.82, 2.24) is 0 Å². The molecular formula is C9H12Cl2N2. The minimum absolute atomic E-state index is 0.342. The summed E-state index contributed by atoms with van der Waals surface area (Å²) in [7, 11) is 0. The summed E-state index contributed by atoms with van der Waals surface area (Å²) in [5, 5.41) is 1.16. The van der Waals surface area contributed by atoms with Gasteiger partial charge in [0.1, 0.15) is 0 Å². The highest BCUT2D eigenvalue weighted by Gasteiger charge is 2.21. The SMILES string of the molecule is CC(N)(CN)c1ccc(Cl)cc1Cl. The third-order valence-electron chi connectivity index (χ3n) is 1.97. The van der Waals surface area contributed by atoms with Crippen LogP contribution in [0.2, 0.25) is 10.0 Å². The van der Waals surface area contributed by atoms with Crippen molar-refractivity contribution >= 4 is 23.2 Å². The Morgan fingerprint density at radius 3 is 2.46 bits per heavy atom. The van der Waals surface area contributed by atoms with Crippen molar-refractivity contribution in [2.75, 3.05) is 6.54 Å². The zero-order valence-corrected chi connectivity index (χ0v) is 8.86. The highest BCUT2D eigenvalue weighted by Crippen LogP contribution is 2.27. The first kappa shape index (κ1) is 10.8. The molecular weight excluding hydrogens is 207 g/mol. The lowest BCUT2D eigenvalue weighted by Gasteiger charge is -2.24. The number of nitrogens with two attached hydrogens (primary N) is 2. The van der Waals surface area contributed by atoms with E-state index in [1.54, 1.807) is 18.2 Å². The van der Waals surface area contributed by atoms with E-state index in [0.717, 1.165) is 5.56 Å². The van der Waals surface area contributed by atoms with Crippen molar-refractivity contribution in [3.63, 3.8) is 0 Å². The van der Waals surface area contributed by atoms with Crippen LogP contribution in [0.5, 0.6) is 0 Å². The van der Waals surface area contributed by atoms with Gasteiger partial charge in [-0.05, 0) is 24.6 Å². The van der Waals surface area contributed by atoms with Crippen molar-refractivity contribution in [3.8, 4) is 0 Å². The van der Waals surface area contributed by atoms with Gasteiger partial charge >= 0.3 is 0 Å². The largest absolute Gasteiger partial charge is 0.328 e. The molecule has 0 aliphatic carbocycles. The molecule has 0 aromatic heterocycles. The van der Waals surface area contributed by atoms with E-state index in [1.807, 2.05) is 6.92 Å². The summed E-state index contributed by atoms with van der Waals surface area (Å²) >= 11 is 11.7. The van der Waals surface area contributed by atoms with E-state index in [0.29, 0.717) is 16.6 Å². The number of hydrogen-bond acceptors (Lipinski definition) is 2. The molecule has 1 rings (SSSR count). The first-order valence-corrected chi connectivity index (χ1v) is 4.67. The Balaban J connectivity index is 3.16. The van der Waals surface area contributed by atoms with Crippen LogP contribution in [-0.4, -0.2) is 6.54 Å². The molecule has 1 aromatic carbocycles. The van der Waals surface area contributed by atoms with E-state index in [1.165, 1.54) is 0 Å². The molecule has 0 radical (unpaired) electrons. The molecule has 0 spiro atoms. The molecule has 1 aromatic rings. The standard InChI is InChI=1S/C9H12Cl2N2/c1-9(13,5-12)7-3-2-6(10)4-8(7)11/h2-4H,5,12-13H2,1H3. The predicted octanol–water partition coefficient (Wildman–Crippen LogP) is 2.13. The fourth-order valence-corrected chi connectivity index (χ4v) is 1.69. The molecule has 0 aliphatic rings. The smallest absolute Gasteiger partial charge is 0.0520 e. The van der Waals surface area contributed by atoms with Crippen LogP contribution in [0.1, 0.15) is 12.5 Å². The van der Waals surface area contributed by atoms with Crippen LogP contribution < -0.4 is 11.5 Å². The molecule has 0 saturated heterocycles. The van der Waals surface area contributed by atoms with Crippen molar-refractivity contribution in [2.45, 2.75) is 12.5 Å². The third-order valence-corrected chi connectivity index (χ3v) is 2.52. The highest BCUT2D eigenvalue weighted by atomic mass is 35.5. The average molecular weight is 219 g/mol. The Morgan fingerprint density at radius 1 is 1.38 bits per heavy atom. The van der Waals surface area contributed by atoms with Gasteiger partial charge < -0.3 is 11.5 Å².